The summed E-state index contributed by atoms with van der Waals surface area (Å²) in [6.07, 6.45) is 7.93. The van der Waals surface area contributed by atoms with E-state index in [1.54, 1.807) is 6.20 Å². The van der Waals surface area contributed by atoms with Crippen LogP contribution in [0.1, 0.15) is 24.0 Å². The van der Waals surface area contributed by atoms with E-state index in [2.05, 4.69) is 46.3 Å². The van der Waals surface area contributed by atoms with E-state index in [0.29, 0.717) is 13.1 Å². The Hall–Kier alpha value is -2.47. The molecule has 2 aliphatic rings. The smallest absolute Gasteiger partial charge is 0.153 e. The molecule has 27 heavy (non-hydrogen) atoms. The highest BCUT2D eigenvalue weighted by Gasteiger charge is 2.21. The van der Waals surface area contributed by atoms with Crippen molar-refractivity contribution in [3.05, 3.63) is 65.5 Å². The summed E-state index contributed by atoms with van der Waals surface area (Å²) in [5, 5.41) is 0. The van der Waals surface area contributed by atoms with E-state index >= 15 is 0 Å². The maximum atomic E-state index is 11.6. The minimum absolute atomic E-state index is 0.240. The highest BCUT2D eigenvalue weighted by Crippen LogP contribution is 2.24. The number of rotatable bonds is 3. The fraction of sp³-hybridized carbons (Fsp3) is 0.333. The summed E-state index contributed by atoms with van der Waals surface area (Å²) in [5.41, 5.74) is 5.56. The van der Waals surface area contributed by atoms with E-state index in [9.17, 15) is 8.42 Å². The van der Waals surface area contributed by atoms with Gasteiger partial charge in [0, 0.05) is 43.3 Å². The Kier molecular flexibility index (Phi) is 5.07. The molecule has 1 saturated heterocycles. The molecule has 1 aromatic carbocycles. The molecule has 6 heteroatoms. The monoisotopic (exact) mass is 381 g/mol. The molecular weight excluding hydrogens is 358 g/mol. The average Bonchev–Trinajstić information content (AvgIpc) is 2.70. The number of benzene rings is 1. The topological polar surface area (TPSA) is 62.6 Å². The van der Waals surface area contributed by atoms with Gasteiger partial charge in [-0.25, -0.2) is 8.42 Å². The molecule has 0 N–H and O–H groups in total. The van der Waals surface area contributed by atoms with Gasteiger partial charge in [0.2, 0.25) is 0 Å². The number of aromatic nitrogens is 1. The van der Waals surface area contributed by atoms with Crippen molar-refractivity contribution < 1.29 is 8.42 Å². The van der Waals surface area contributed by atoms with Crippen molar-refractivity contribution in [3.8, 4) is 0 Å². The van der Waals surface area contributed by atoms with E-state index in [1.807, 2.05) is 12.3 Å². The standard InChI is InChI=1S/C21H23N3O2S/c25-27(26)13-11-24(12-14-27)20-7-5-17(6-8-20)15-18-3-2-10-23-21(18)19-4-1-9-22-16-19/h1,4-9,15-16H,2-3,10-14H2. The number of hydrogen-bond donors (Lipinski definition) is 0. The molecule has 5 nitrogen and oxygen atoms in total. The van der Waals surface area contributed by atoms with E-state index in [1.165, 1.54) is 5.57 Å². The van der Waals surface area contributed by atoms with Crippen LogP contribution in [0.3, 0.4) is 0 Å². The number of hydrogen-bond acceptors (Lipinski definition) is 5. The minimum atomic E-state index is -2.85. The van der Waals surface area contributed by atoms with E-state index in [4.69, 9.17) is 4.99 Å². The van der Waals surface area contributed by atoms with Crippen LogP contribution < -0.4 is 4.90 Å². The zero-order valence-electron chi connectivity index (χ0n) is 15.2. The molecule has 0 spiro atoms. The highest BCUT2D eigenvalue weighted by atomic mass is 32.2. The molecule has 1 fully saturated rings. The third-order valence-corrected chi connectivity index (χ3v) is 6.67. The van der Waals surface area contributed by atoms with Crippen molar-refractivity contribution in [1.82, 2.24) is 4.98 Å². The Balaban J connectivity index is 1.53. The molecule has 4 rings (SSSR count). The Bertz CT molecular complexity index is 950. The molecular formula is C21H23N3O2S. The first-order valence-corrected chi connectivity index (χ1v) is 11.1. The summed E-state index contributed by atoms with van der Waals surface area (Å²) < 4.78 is 23.2. The lowest BCUT2D eigenvalue weighted by Crippen LogP contribution is -2.40. The van der Waals surface area contributed by atoms with Crippen LogP contribution in [-0.2, 0) is 9.84 Å². The number of anilines is 1. The second kappa shape index (κ2) is 7.64. The van der Waals surface area contributed by atoms with E-state index in [-0.39, 0.29) is 11.5 Å². The van der Waals surface area contributed by atoms with Gasteiger partial charge in [-0.1, -0.05) is 12.1 Å². The molecule has 0 radical (unpaired) electrons. The van der Waals surface area contributed by atoms with Gasteiger partial charge in [-0.3, -0.25) is 9.98 Å². The zero-order chi connectivity index (χ0) is 18.7. The number of nitrogens with zero attached hydrogens (tertiary/aromatic N) is 3. The Morgan fingerprint density at radius 3 is 2.52 bits per heavy atom. The molecule has 3 heterocycles. The fourth-order valence-corrected chi connectivity index (χ4v) is 4.75. The van der Waals surface area contributed by atoms with Crippen LogP contribution in [0.15, 0.2) is 59.4 Å². The molecule has 2 aromatic rings. The SMILES string of the molecule is O=S1(=O)CCN(c2ccc(C=C3CCCN=C3c3cccnc3)cc2)CC1. The third-order valence-electron chi connectivity index (χ3n) is 5.06. The van der Waals surface area contributed by atoms with Crippen LogP contribution >= 0.6 is 0 Å². The van der Waals surface area contributed by atoms with E-state index in [0.717, 1.165) is 41.9 Å². The van der Waals surface area contributed by atoms with Gasteiger partial charge in [0.25, 0.3) is 0 Å². The number of allylic oxidation sites excluding steroid dienone is 1. The van der Waals surface area contributed by atoms with Crippen LogP contribution in [0, 0.1) is 0 Å². The summed E-state index contributed by atoms with van der Waals surface area (Å²) in [6, 6.07) is 12.3. The molecule has 0 bridgehead atoms. The zero-order valence-corrected chi connectivity index (χ0v) is 16.0. The second-order valence-corrected chi connectivity index (χ2v) is 9.28. The number of aliphatic imine (C=N–C) groups is 1. The first-order chi connectivity index (χ1) is 13.1. The predicted octanol–water partition coefficient (Wildman–Crippen LogP) is 2.98. The van der Waals surface area contributed by atoms with Crippen LogP contribution in [0.25, 0.3) is 6.08 Å². The summed E-state index contributed by atoms with van der Waals surface area (Å²) in [7, 11) is -2.85. The molecule has 0 unspecified atom stereocenters. The largest absolute Gasteiger partial charge is 0.369 e. The lowest BCUT2D eigenvalue weighted by atomic mass is 9.95. The molecule has 0 aliphatic carbocycles. The highest BCUT2D eigenvalue weighted by molar-refractivity contribution is 7.91. The van der Waals surface area contributed by atoms with Crippen molar-refractivity contribution in [2.45, 2.75) is 12.8 Å². The Labute approximate surface area is 160 Å². The number of sulfone groups is 1. The van der Waals surface area contributed by atoms with E-state index < -0.39 is 9.84 Å². The van der Waals surface area contributed by atoms with Crippen molar-refractivity contribution in [3.63, 3.8) is 0 Å². The van der Waals surface area contributed by atoms with Crippen molar-refractivity contribution in [1.29, 1.82) is 0 Å². The van der Waals surface area contributed by atoms with Crippen LogP contribution in [0.2, 0.25) is 0 Å². The lowest BCUT2D eigenvalue weighted by Gasteiger charge is -2.28. The summed E-state index contributed by atoms with van der Waals surface area (Å²) in [4.78, 5) is 11.1. The Morgan fingerprint density at radius 2 is 1.81 bits per heavy atom. The summed E-state index contributed by atoms with van der Waals surface area (Å²) in [6.45, 7) is 2.00. The first kappa shape index (κ1) is 17.9. The summed E-state index contributed by atoms with van der Waals surface area (Å²) >= 11 is 0. The van der Waals surface area contributed by atoms with Gasteiger partial charge >= 0.3 is 0 Å². The average molecular weight is 382 g/mol. The van der Waals surface area contributed by atoms with Gasteiger partial charge in [0.1, 0.15) is 0 Å². The molecule has 2 aliphatic heterocycles. The lowest BCUT2D eigenvalue weighted by molar-refractivity contribution is 0.587. The molecule has 0 saturated carbocycles. The van der Waals surface area contributed by atoms with Crippen molar-refractivity contribution in [2.24, 2.45) is 4.99 Å². The van der Waals surface area contributed by atoms with Gasteiger partial charge in [-0.05, 0) is 54.3 Å². The number of pyridine rings is 1. The normalized spacial score (nSPS) is 21.1. The Morgan fingerprint density at radius 1 is 1.04 bits per heavy atom. The van der Waals surface area contributed by atoms with Gasteiger partial charge in [-0.15, -0.1) is 0 Å². The summed E-state index contributed by atoms with van der Waals surface area (Å²) in [5.74, 6) is 0.480. The van der Waals surface area contributed by atoms with Crippen LogP contribution in [0.4, 0.5) is 5.69 Å². The van der Waals surface area contributed by atoms with Crippen molar-refractivity contribution in [2.75, 3.05) is 36.0 Å². The van der Waals surface area contributed by atoms with Gasteiger partial charge in [-0.2, -0.15) is 0 Å². The maximum Gasteiger partial charge on any atom is 0.153 e. The molecule has 0 amide bonds. The van der Waals surface area contributed by atoms with Gasteiger partial charge < -0.3 is 4.90 Å². The first-order valence-electron chi connectivity index (χ1n) is 9.32. The predicted molar refractivity (Wildman–Crippen MR) is 110 cm³/mol. The fourth-order valence-electron chi connectivity index (χ4n) is 3.55. The van der Waals surface area contributed by atoms with Gasteiger partial charge in [0.15, 0.2) is 9.84 Å². The van der Waals surface area contributed by atoms with Crippen molar-refractivity contribution >= 4 is 27.3 Å². The third kappa shape index (κ3) is 4.27. The van der Waals surface area contributed by atoms with Gasteiger partial charge in [0.05, 0.1) is 17.2 Å². The quantitative estimate of drug-likeness (QED) is 0.820. The maximum absolute atomic E-state index is 11.6. The second-order valence-electron chi connectivity index (χ2n) is 6.98. The van der Waals surface area contributed by atoms with Crippen LogP contribution in [0.5, 0.6) is 0 Å². The molecule has 0 atom stereocenters. The minimum Gasteiger partial charge on any atom is -0.369 e. The molecule has 140 valence electrons. The molecule has 1 aromatic heterocycles. The van der Waals surface area contributed by atoms with Crippen LogP contribution in [-0.4, -0.2) is 50.3 Å².